The first-order valence-corrected chi connectivity index (χ1v) is 5.66. The Bertz CT molecular complexity index is 620. The molecule has 0 fully saturated rings. The maximum atomic E-state index is 13.3. The van der Waals surface area contributed by atoms with Gasteiger partial charge in [0.1, 0.15) is 0 Å². The lowest BCUT2D eigenvalue weighted by Gasteiger charge is -2.08. The van der Waals surface area contributed by atoms with Crippen LogP contribution in [0.1, 0.15) is 5.69 Å². The summed E-state index contributed by atoms with van der Waals surface area (Å²) in [6.07, 6.45) is 1.56. The summed E-state index contributed by atoms with van der Waals surface area (Å²) in [5, 5.41) is 4.50. The van der Waals surface area contributed by atoms with Crippen molar-refractivity contribution in [3.05, 3.63) is 59.7 Å². The molecule has 7 heteroatoms. The Balaban J connectivity index is 1.97. The van der Waals surface area contributed by atoms with Crippen LogP contribution in [-0.2, 0) is 6.54 Å². The minimum atomic E-state index is -1.63. The molecule has 0 aliphatic rings. The van der Waals surface area contributed by atoms with E-state index in [2.05, 4.69) is 15.6 Å². The predicted octanol–water partition coefficient (Wildman–Crippen LogP) is 2.82. The second kappa shape index (κ2) is 6.05. The van der Waals surface area contributed by atoms with E-state index in [4.69, 9.17) is 0 Å². The van der Waals surface area contributed by atoms with Crippen molar-refractivity contribution in [3.8, 4) is 0 Å². The Labute approximate surface area is 112 Å². The summed E-state index contributed by atoms with van der Waals surface area (Å²) < 4.78 is 39.0. The molecule has 0 saturated carbocycles. The number of pyridine rings is 1. The van der Waals surface area contributed by atoms with E-state index in [0.29, 0.717) is 5.69 Å². The molecule has 0 aliphatic carbocycles. The van der Waals surface area contributed by atoms with Crippen LogP contribution in [0.15, 0.2) is 36.5 Å². The van der Waals surface area contributed by atoms with Gasteiger partial charge in [-0.2, -0.15) is 0 Å². The zero-order chi connectivity index (χ0) is 14.5. The average Bonchev–Trinajstić information content (AvgIpc) is 2.47. The van der Waals surface area contributed by atoms with Crippen LogP contribution in [0.3, 0.4) is 0 Å². The molecule has 2 aromatic rings. The maximum absolute atomic E-state index is 13.3. The zero-order valence-electron chi connectivity index (χ0n) is 10.2. The van der Waals surface area contributed by atoms with Crippen molar-refractivity contribution in [2.45, 2.75) is 6.54 Å². The van der Waals surface area contributed by atoms with E-state index < -0.39 is 29.2 Å². The number of rotatable bonds is 3. The third-order valence-electron chi connectivity index (χ3n) is 2.44. The quantitative estimate of drug-likeness (QED) is 0.850. The number of anilines is 1. The normalized spacial score (nSPS) is 10.2. The lowest BCUT2D eigenvalue weighted by atomic mass is 10.3. The molecule has 0 saturated heterocycles. The first-order valence-electron chi connectivity index (χ1n) is 5.66. The molecular weight excluding hydrogens is 271 g/mol. The second-order valence-electron chi connectivity index (χ2n) is 3.85. The highest BCUT2D eigenvalue weighted by molar-refractivity contribution is 5.89. The van der Waals surface area contributed by atoms with Gasteiger partial charge in [0, 0.05) is 6.20 Å². The van der Waals surface area contributed by atoms with E-state index in [9.17, 15) is 18.0 Å². The van der Waals surface area contributed by atoms with Crippen LogP contribution in [0.4, 0.5) is 23.7 Å². The van der Waals surface area contributed by atoms with E-state index >= 15 is 0 Å². The molecule has 104 valence electrons. The van der Waals surface area contributed by atoms with Gasteiger partial charge in [-0.1, -0.05) is 6.07 Å². The van der Waals surface area contributed by atoms with Gasteiger partial charge in [0.15, 0.2) is 17.5 Å². The monoisotopic (exact) mass is 281 g/mol. The molecule has 0 radical (unpaired) electrons. The number of carbonyl (C=O) groups excluding carboxylic acids is 1. The summed E-state index contributed by atoms with van der Waals surface area (Å²) >= 11 is 0. The Morgan fingerprint density at radius 3 is 2.60 bits per heavy atom. The van der Waals surface area contributed by atoms with Crippen molar-refractivity contribution < 1.29 is 18.0 Å². The van der Waals surface area contributed by atoms with Crippen LogP contribution < -0.4 is 10.6 Å². The number of hydrogen-bond acceptors (Lipinski definition) is 2. The van der Waals surface area contributed by atoms with Crippen molar-refractivity contribution in [3.63, 3.8) is 0 Å². The van der Waals surface area contributed by atoms with E-state index in [1.165, 1.54) is 0 Å². The smallest absolute Gasteiger partial charge is 0.319 e. The molecule has 4 nitrogen and oxygen atoms in total. The van der Waals surface area contributed by atoms with Crippen molar-refractivity contribution in [1.29, 1.82) is 0 Å². The van der Waals surface area contributed by atoms with E-state index in [0.717, 1.165) is 12.1 Å². The molecule has 1 aromatic heterocycles. The summed E-state index contributed by atoms with van der Waals surface area (Å²) in [6.45, 7) is 0.123. The second-order valence-corrected chi connectivity index (χ2v) is 3.85. The minimum Gasteiger partial charge on any atom is -0.332 e. The number of halogens is 3. The fraction of sp³-hybridized carbons (Fsp3) is 0.0769. The van der Waals surface area contributed by atoms with Crippen molar-refractivity contribution in [1.82, 2.24) is 10.3 Å². The molecule has 0 atom stereocenters. The molecule has 0 spiro atoms. The molecule has 1 heterocycles. The van der Waals surface area contributed by atoms with Gasteiger partial charge in [-0.3, -0.25) is 4.98 Å². The van der Waals surface area contributed by atoms with Crippen LogP contribution in [0.2, 0.25) is 0 Å². The standard InChI is InChI=1S/C13H10F3N3O/c14-9-4-5-10(12(16)11(9)15)19-13(20)18-7-8-3-1-2-6-17-8/h1-6H,7H2,(H2,18,19,20). The van der Waals surface area contributed by atoms with Crippen molar-refractivity contribution in [2.24, 2.45) is 0 Å². The number of aromatic nitrogens is 1. The molecule has 2 N–H and O–H groups in total. The fourth-order valence-corrected chi connectivity index (χ4v) is 1.46. The Kier molecular flexibility index (Phi) is 4.19. The van der Waals surface area contributed by atoms with E-state index in [-0.39, 0.29) is 6.54 Å². The van der Waals surface area contributed by atoms with Crippen molar-refractivity contribution >= 4 is 11.7 Å². The number of amides is 2. The number of nitrogens with zero attached hydrogens (tertiary/aromatic N) is 1. The van der Waals surface area contributed by atoms with Crippen LogP contribution in [0.25, 0.3) is 0 Å². The van der Waals surface area contributed by atoms with E-state index in [1.54, 1.807) is 24.4 Å². The van der Waals surface area contributed by atoms with Gasteiger partial charge in [-0.25, -0.2) is 18.0 Å². The summed E-state index contributed by atoms with van der Waals surface area (Å²) in [4.78, 5) is 15.5. The van der Waals surface area contributed by atoms with Gasteiger partial charge in [-0.05, 0) is 24.3 Å². The van der Waals surface area contributed by atoms with Gasteiger partial charge in [0.25, 0.3) is 0 Å². The van der Waals surface area contributed by atoms with Crippen LogP contribution in [0.5, 0.6) is 0 Å². The highest BCUT2D eigenvalue weighted by Gasteiger charge is 2.14. The molecule has 0 aliphatic heterocycles. The third kappa shape index (κ3) is 3.25. The topological polar surface area (TPSA) is 54.0 Å². The first kappa shape index (κ1) is 13.9. The third-order valence-corrected chi connectivity index (χ3v) is 2.44. The number of nitrogens with one attached hydrogen (secondary N) is 2. The summed E-state index contributed by atoms with van der Waals surface area (Å²) in [5.74, 6) is -4.40. The lowest BCUT2D eigenvalue weighted by molar-refractivity contribution is 0.251. The minimum absolute atomic E-state index is 0.123. The van der Waals surface area contributed by atoms with Gasteiger partial charge < -0.3 is 10.6 Å². The zero-order valence-corrected chi connectivity index (χ0v) is 10.2. The molecule has 0 bridgehead atoms. The number of carbonyl (C=O) groups is 1. The number of benzene rings is 1. The number of urea groups is 1. The average molecular weight is 281 g/mol. The molecule has 0 unspecified atom stereocenters. The Hall–Kier alpha value is -2.57. The number of hydrogen-bond donors (Lipinski definition) is 2. The predicted molar refractivity (Wildman–Crippen MR) is 66.4 cm³/mol. The highest BCUT2D eigenvalue weighted by Crippen LogP contribution is 2.19. The summed E-state index contributed by atoms with van der Waals surface area (Å²) in [7, 11) is 0. The van der Waals surface area contributed by atoms with Gasteiger partial charge in [-0.15, -0.1) is 0 Å². The molecule has 20 heavy (non-hydrogen) atoms. The van der Waals surface area contributed by atoms with Crippen LogP contribution >= 0.6 is 0 Å². The molecular formula is C13H10F3N3O. The summed E-state index contributed by atoms with van der Waals surface area (Å²) in [6, 6.07) is 6.08. The highest BCUT2D eigenvalue weighted by atomic mass is 19.2. The van der Waals surface area contributed by atoms with Gasteiger partial charge >= 0.3 is 6.03 Å². The lowest BCUT2D eigenvalue weighted by Crippen LogP contribution is -2.29. The molecule has 1 aromatic carbocycles. The van der Waals surface area contributed by atoms with Crippen molar-refractivity contribution in [2.75, 3.05) is 5.32 Å². The first-order chi connectivity index (χ1) is 9.58. The Morgan fingerprint density at radius 1 is 1.10 bits per heavy atom. The maximum Gasteiger partial charge on any atom is 0.319 e. The molecule has 2 amide bonds. The van der Waals surface area contributed by atoms with Gasteiger partial charge in [0.2, 0.25) is 0 Å². The van der Waals surface area contributed by atoms with Crippen LogP contribution in [0, 0.1) is 17.5 Å². The van der Waals surface area contributed by atoms with Crippen LogP contribution in [-0.4, -0.2) is 11.0 Å². The SMILES string of the molecule is O=C(NCc1ccccn1)Nc1ccc(F)c(F)c1F. The Morgan fingerprint density at radius 2 is 1.90 bits per heavy atom. The summed E-state index contributed by atoms with van der Waals surface area (Å²) in [5.41, 5.74) is 0.163. The van der Waals surface area contributed by atoms with E-state index in [1.807, 2.05) is 0 Å². The largest absolute Gasteiger partial charge is 0.332 e. The molecule has 2 rings (SSSR count). The van der Waals surface area contributed by atoms with Gasteiger partial charge in [0.05, 0.1) is 17.9 Å². The fourth-order valence-electron chi connectivity index (χ4n) is 1.46.